The highest BCUT2D eigenvalue weighted by molar-refractivity contribution is 8.05. The van der Waals surface area contributed by atoms with Gasteiger partial charge in [0.1, 0.15) is 5.70 Å². The summed E-state index contributed by atoms with van der Waals surface area (Å²) in [5, 5.41) is 13.5. The molecule has 0 aromatic carbocycles. The van der Waals surface area contributed by atoms with E-state index in [1.54, 1.807) is 12.3 Å². The van der Waals surface area contributed by atoms with Crippen molar-refractivity contribution >= 4 is 29.5 Å². The monoisotopic (exact) mass is 282 g/mol. The summed E-state index contributed by atoms with van der Waals surface area (Å²) < 4.78 is 0. The van der Waals surface area contributed by atoms with Gasteiger partial charge < -0.3 is 15.3 Å². The van der Waals surface area contributed by atoms with Gasteiger partial charge in [0.2, 0.25) is 11.8 Å². The van der Waals surface area contributed by atoms with Crippen LogP contribution in [0.15, 0.2) is 21.7 Å². The van der Waals surface area contributed by atoms with Crippen LogP contribution in [0.1, 0.15) is 26.7 Å². The SMILES string of the molecule is CC(=O)NC(C)=CSC1=C(C(=O)O)N2C(=O)CC2C1. The number of carbonyl (C=O) groups is 3. The molecule has 0 aliphatic carbocycles. The average molecular weight is 282 g/mol. The van der Waals surface area contributed by atoms with Crippen molar-refractivity contribution in [3.63, 3.8) is 0 Å². The molecular weight excluding hydrogens is 268 g/mol. The maximum absolute atomic E-state index is 11.4. The summed E-state index contributed by atoms with van der Waals surface area (Å²) in [4.78, 5) is 35.5. The van der Waals surface area contributed by atoms with Crippen LogP contribution in [-0.4, -0.2) is 33.8 Å². The Hall–Kier alpha value is -1.76. The minimum Gasteiger partial charge on any atom is -0.477 e. The van der Waals surface area contributed by atoms with E-state index in [0.29, 0.717) is 23.4 Å². The van der Waals surface area contributed by atoms with Crippen LogP contribution in [0.5, 0.6) is 0 Å². The molecule has 1 fully saturated rings. The van der Waals surface area contributed by atoms with Gasteiger partial charge in [0.05, 0.1) is 6.04 Å². The first-order valence-electron chi connectivity index (χ1n) is 5.79. The van der Waals surface area contributed by atoms with E-state index in [1.807, 2.05) is 0 Å². The number of fused-ring (bicyclic) bond motifs is 1. The maximum atomic E-state index is 11.4. The molecule has 19 heavy (non-hydrogen) atoms. The third kappa shape index (κ3) is 2.65. The lowest BCUT2D eigenvalue weighted by atomic mass is 10.0. The minimum atomic E-state index is -1.08. The Bertz CT molecular complexity index is 524. The van der Waals surface area contributed by atoms with Crippen LogP contribution in [0, 0.1) is 0 Å². The summed E-state index contributed by atoms with van der Waals surface area (Å²) in [7, 11) is 0. The van der Waals surface area contributed by atoms with E-state index in [-0.39, 0.29) is 23.6 Å². The zero-order chi connectivity index (χ0) is 14.2. The third-order valence-corrected chi connectivity index (χ3v) is 4.04. The first kappa shape index (κ1) is 13.7. The normalized spacial score (nSPS) is 22.2. The molecule has 2 rings (SSSR count). The molecule has 2 aliphatic heterocycles. The van der Waals surface area contributed by atoms with Crippen LogP contribution < -0.4 is 5.32 Å². The summed E-state index contributed by atoms with van der Waals surface area (Å²) in [6, 6.07) is -0.00410. The van der Waals surface area contributed by atoms with Crippen molar-refractivity contribution in [1.29, 1.82) is 0 Å². The van der Waals surface area contributed by atoms with Crippen molar-refractivity contribution in [2.45, 2.75) is 32.7 Å². The zero-order valence-electron chi connectivity index (χ0n) is 10.6. The van der Waals surface area contributed by atoms with Crippen LogP contribution in [-0.2, 0) is 14.4 Å². The van der Waals surface area contributed by atoms with Crippen LogP contribution in [0.3, 0.4) is 0 Å². The lowest BCUT2D eigenvalue weighted by molar-refractivity contribution is -0.147. The number of hydrogen-bond acceptors (Lipinski definition) is 4. The van der Waals surface area contributed by atoms with E-state index < -0.39 is 5.97 Å². The minimum absolute atomic E-state index is 0.00410. The molecule has 1 unspecified atom stereocenters. The molecule has 0 spiro atoms. The smallest absolute Gasteiger partial charge is 0.353 e. The second-order valence-corrected chi connectivity index (χ2v) is 5.47. The number of carboxylic acids is 1. The summed E-state index contributed by atoms with van der Waals surface area (Å²) in [5.74, 6) is -1.39. The Kier molecular flexibility index (Phi) is 3.66. The third-order valence-electron chi connectivity index (χ3n) is 2.92. The van der Waals surface area contributed by atoms with E-state index in [2.05, 4.69) is 5.32 Å². The molecule has 0 radical (unpaired) electrons. The Balaban J connectivity index is 2.13. The van der Waals surface area contributed by atoms with Crippen LogP contribution in [0.4, 0.5) is 0 Å². The van der Waals surface area contributed by atoms with Crippen molar-refractivity contribution in [3.8, 4) is 0 Å². The Morgan fingerprint density at radius 3 is 2.63 bits per heavy atom. The zero-order valence-corrected chi connectivity index (χ0v) is 11.4. The highest BCUT2D eigenvalue weighted by atomic mass is 32.2. The van der Waals surface area contributed by atoms with Crippen molar-refractivity contribution in [2.75, 3.05) is 0 Å². The fourth-order valence-electron chi connectivity index (χ4n) is 2.19. The van der Waals surface area contributed by atoms with Crippen LogP contribution in [0.2, 0.25) is 0 Å². The molecular formula is C12H14N2O4S. The number of β-lactam (4-membered cyclic amide) rings is 1. The van der Waals surface area contributed by atoms with Crippen molar-refractivity contribution < 1.29 is 19.5 Å². The molecule has 2 amide bonds. The van der Waals surface area contributed by atoms with Gasteiger partial charge in [-0.25, -0.2) is 4.79 Å². The number of nitrogens with zero attached hydrogens (tertiary/aromatic N) is 1. The molecule has 6 nitrogen and oxygen atoms in total. The van der Waals surface area contributed by atoms with Gasteiger partial charge in [0.15, 0.2) is 0 Å². The first-order valence-corrected chi connectivity index (χ1v) is 6.67. The molecule has 2 N–H and O–H groups in total. The molecule has 0 bridgehead atoms. The van der Waals surface area contributed by atoms with E-state index in [4.69, 9.17) is 0 Å². The fraction of sp³-hybridized carbons (Fsp3) is 0.417. The molecule has 0 aromatic heterocycles. The second kappa shape index (κ2) is 5.08. The number of carboxylic acid groups (broad SMARTS) is 1. The molecule has 7 heteroatoms. The number of allylic oxidation sites excluding steroid dienone is 1. The van der Waals surface area contributed by atoms with Gasteiger partial charge in [-0.15, -0.1) is 0 Å². The molecule has 0 aromatic rings. The Morgan fingerprint density at radius 2 is 2.11 bits per heavy atom. The van der Waals surface area contributed by atoms with Crippen molar-refractivity contribution in [1.82, 2.24) is 10.2 Å². The number of aliphatic carboxylic acids is 1. The summed E-state index contributed by atoms with van der Waals surface area (Å²) in [6.45, 7) is 3.13. The topological polar surface area (TPSA) is 86.7 Å². The number of carbonyl (C=O) groups excluding carboxylic acids is 2. The van der Waals surface area contributed by atoms with Gasteiger partial charge in [0, 0.05) is 30.4 Å². The predicted octanol–water partition coefficient (Wildman–Crippen LogP) is 1.02. The fourth-order valence-corrected chi connectivity index (χ4v) is 3.15. The van der Waals surface area contributed by atoms with Gasteiger partial charge in [-0.1, -0.05) is 11.8 Å². The molecule has 102 valence electrons. The van der Waals surface area contributed by atoms with Crippen LogP contribution in [0.25, 0.3) is 0 Å². The number of hydrogen-bond donors (Lipinski definition) is 2. The van der Waals surface area contributed by atoms with Crippen LogP contribution >= 0.6 is 11.8 Å². The number of rotatable bonds is 4. The van der Waals surface area contributed by atoms with E-state index in [9.17, 15) is 19.5 Å². The quantitative estimate of drug-likeness (QED) is 0.752. The molecule has 2 aliphatic rings. The van der Waals surface area contributed by atoms with Gasteiger partial charge in [-0.2, -0.15) is 0 Å². The highest BCUT2D eigenvalue weighted by Crippen LogP contribution is 2.43. The molecule has 2 heterocycles. The average Bonchev–Trinajstić information content (AvgIpc) is 2.58. The number of nitrogens with one attached hydrogen (secondary N) is 1. The van der Waals surface area contributed by atoms with E-state index in [1.165, 1.54) is 23.6 Å². The largest absolute Gasteiger partial charge is 0.477 e. The summed E-state index contributed by atoms with van der Waals surface area (Å²) >= 11 is 1.25. The van der Waals surface area contributed by atoms with Gasteiger partial charge >= 0.3 is 5.97 Å². The molecule has 1 saturated heterocycles. The second-order valence-electron chi connectivity index (χ2n) is 4.50. The standard InChI is InChI=1S/C12H14N2O4S/c1-6(13-7(2)15)5-19-9-3-8-4-10(16)14(8)11(9)12(17)18/h5,8H,3-4H2,1-2H3,(H,13,15)(H,17,18). The summed E-state index contributed by atoms with van der Waals surface area (Å²) in [6.07, 6.45) is 0.983. The summed E-state index contributed by atoms with van der Waals surface area (Å²) in [5.41, 5.74) is 0.730. The maximum Gasteiger partial charge on any atom is 0.353 e. The number of thioether (sulfide) groups is 1. The van der Waals surface area contributed by atoms with Gasteiger partial charge in [0.25, 0.3) is 0 Å². The lowest BCUT2D eigenvalue weighted by Gasteiger charge is -2.34. The highest BCUT2D eigenvalue weighted by Gasteiger charge is 2.47. The molecule has 1 atom stereocenters. The van der Waals surface area contributed by atoms with E-state index in [0.717, 1.165) is 0 Å². The Labute approximate surface area is 114 Å². The number of amides is 2. The Morgan fingerprint density at radius 1 is 1.42 bits per heavy atom. The van der Waals surface area contributed by atoms with Gasteiger partial charge in [-0.3, -0.25) is 9.59 Å². The van der Waals surface area contributed by atoms with Crippen molar-refractivity contribution in [2.24, 2.45) is 0 Å². The van der Waals surface area contributed by atoms with E-state index >= 15 is 0 Å². The van der Waals surface area contributed by atoms with Gasteiger partial charge in [-0.05, 0) is 12.3 Å². The predicted molar refractivity (Wildman–Crippen MR) is 69.7 cm³/mol. The lowest BCUT2D eigenvalue weighted by Crippen LogP contribution is -2.49. The molecule has 0 saturated carbocycles. The van der Waals surface area contributed by atoms with Crippen molar-refractivity contribution in [3.05, 3.63) is 21.7 Å². The first-order chi connectivity index (χ1) is 8.90.